The van der Waals surface area contributed by atoms with E-state index in [0.29, 0.717) is 6.42 Å². The molecule has 0 bridgehead atoms. The van der Waals surface area contributed by atoms with Crippen LogP contribution in [0.4, 0.5) is 0 Å². The molecular weight excluding hydrogens is 737 g/mol. The molecule has 2 unspecified atom stereocenters. The molecule has 0 aromatic rings. The number of aliphatic hydroxyl groups excluding tert-OH is 1. The number of phosphoric ester groups is 1. The largest absolute Gasteiger partial charge is 0.480 e. The molecule has 0 amide bonds. The molecule has 0 aliphatic heterocycles. The smallest absolute Gasteiger partial charge is 0.472 e. The number of esters is 2. The Morgan fingerprint density at radius 1 is 0.643 bits per heavy atom. The third-order valence-electron chi connectivity index (χ3n) is 8.34. The van der Waals surface area contributed by atoms with E-state index in [0.717, 1.165) is 51.4 Å². The molecule has 56 heavy (non-hydrogen) atoms. The van der Waals surface area contributed by atoms with Gasteiger partial charge in [-0.1, -0.05) is 157 Å². The summed E-state index contributed by atoms with van der Waals surface area (Å²) in [7, 11) is -4.77. The molecule has 0 heterocycles. The van der Waals surface area contributed by atoms with Gasteiger partial charge in [-0.05, 0) is 44.9 Å². The number of hydrogen-bond acceptors (Lipinski definition) is 10. The highest BCUT2D eigenvalue weighted by Crippen LogP contribution is 2.43. The van der Waals surface area contributed by atoms with E-state index in [9.17, 15) is 28.9 Å². The van der Waals surface area contributed by atoms with Crippen LogP contribution >= 0.6 is 7.82 Å². The van der Waals surface area contributed by atoms with E-state index in [1.165, 1.54) is 51.4 Å². The first-order valence-electron chi connectivity index (χ1n) is 20.6. The summed E-state index contributed by atoms with van der Waals surface area (Å²) in [5, 5.41) is 19.1. The van der Waals surface area contributed by atoms with Crippen LogP contribution in [0.3, 0.4) is 0 Å². The lowest BCUT2D eigenvalue weighted by molar-refractivity contribution is -0.161. The van der Waals surface area contributed by atoms with Crippen molar-refractivity contribution in [3.8, 4) is 0 Å². The number of rotatable bonds is 37. The summed E-state index contributed by atoms with van der Waals surface area (Å²) in [5.74, 6) is -2.69. The quantitative estimate of drug-likeness (QED) is 0.0153. The fourth-order valence-corrected chi connectivity index (χ4v) is 5.83. The minimum atomic E-state index is -4.77. The molecule has 12 nitrogen and oxygen atoms in total. The molecule has 13 heteroatoms. The Morgan fingerprint density at radius 2 is 1.14 bits per heavy atom. The topological polar surface area (TPSA) is 192 Å². The number of phosphoric acid groups is 1. The average Bonchev–Trinajstić information content (AvgIpc) is 3.17. The minimum absolute atomic E-state index is 0.0868. The molecule has 0 spiro atoms. The minimum Gasteiger partial charge on any atom is -0.480 e. The van der Waals surface area contributed by atoms with Gasteiger partial charge >= 0.3 is 25.7 Å². The first-order chi connectivity index (χ1) is 27.0. The van der Waals surface area contributed by atoms with Crippen LogP contribution in [0.25, 0.3) is 0 Å². The fourth-order valence-electron chi connectivity index (χ4n) is 5.06. The second kappa shape index (κ2) is 37.5. The van der Waals surface area contributed by atoms with Gasteiger partial charge in [0.15, 0.2) is 6.10 Å². The molecule has 0 aliphatic rings. The zero-order chi connectivity index (χ0) is 41.5. The molecule has 0 saturated carbocycles. The molecule has 0 aliphatic carbocycles. The van der Waals surface area contributed by atoms with Gasteiger partial charge in [0.2, 0.25) is 0 Å². The molecule has 0 rings (SSSR count). The van der Waals surface area contributed by atoms with Crippen LogP contribution in [0.1, 0.15) is 142 Å². The predicted molar refractivity (Wildman–Crippen MR) is 223 cm³/mol. The Bertz CT molecular complexity index is 1240. The number of carbonyl (C=O) groups is 3. The molecule has 320 valence electrons. The summed E-state index contributed by atoms with van der Waals surface area (Å²) in [6.07, 6.45) is 40.2. The van der Waals surface area contributed by atoms with Gasteiger partial charge in [0.1, 0.15) is 12.6 Å². The van der Waals surface area contributed by atoms with Gasteiger partial charge in [0.05, 0.1) is 19.3 Å². The van der Waals surface area contributed by atoms with Gasteiger partial charge in [-0.25, -0.2) is 4.57 Å². The molecule has 5 N–H and O–H groups in total. The predicted octanol–water partition coefficient (Wildman–Crippen LogP) is 9.53. The monoisotopic (exact) mass is 809 g/mol. The zero-order valence-electron chi connectivity index (χ0n) is 34.1. The maximum atomic E-state index is 12.6. The van der Waals surface area contributed by atoms with Crippen molar-refractivity contribution in [2.75, 3.05) is 19.8 Å². The van der Waals surface area contributed by atoms with Crippen molar-refractivity contribution in [2.24, 2.45) is 5.73 Å². The van der Waals surface area contributed by atoms with Gasteiger partial charge in [0, 0.05) is 12.8 Å². The SMILES string of the molecule is CC/C=C\C/C=C\C/C=C\C/C=C\C/C=C\C=C/C(O)CCC(=O)OC[C@H](COP(=O)(O)OC[C@H](N)C(=O)O)OC(=O)CCCCCCCCCCCCCC. The van der Waals surface area contributed by atoms with Gasteiger partial charge in [0.25, 0.3) is 0 Å². The normalized spacial score (nSPS) is 15.1. The number of ether oxygens (including phenoxy) is 2. The molecule has 0 fully saturated rings. The molecule has 0 radical (unpaired) electrons. The molecule has 0 aromatic heterocycles. The van der Waals surface area contributed by atoms with Gasteiger partial charge in [-0.15, -0.1) is 0 Å². The Kier molecular flexibility index (Phi) is 35.4. The number of aliphatic carboxylic acids is 1. The average molecular weight is 810 g/mol. The van der Waals surface area contributed by atoms with Crippen LogP contribution in [-0.4, -0.2) is 71.1 Å². The maximum Gasteiger partial charge on any atom is 0.472 e. The first-order valence-corrected chi connectivity index (χ1v) is 22.1. The summed E-state index contributed by atoms with van der Waals surface area (Å²) < 4.78 is 32.4. The lowest BCUT2D eigenvalue weighted by Gasteiger charge is -2.20. The number of carboxylic acids is 1. The van der Waals surface area contributed by atoms with E-state index in [1.54, 1.807) is 12.2 Å². The number of unbranched alkanes of at least 4 members (excludes halogenated alkanes) is 11. The van der Waals surface area contributed by atoms with Crippen molar-refractivity contribution in [1.29, 1.82) is 0 Å². The van der Waals surface area contributed by atoms with Gasteiger partial charge in [-0.2, -0.15) is 0 Å². The van der Waals surface area contributed by atoms with Gasteiger partial charge < -0.3 is 30.3 Å². The van der Waals surface area contributed by atoms with Crippen molar-refractivity contribution in [3.63, 3.8) is 0 Å². The summed E-state index contributed by atoms with van der Waals surface area (Å²) in [6, 6.07) is -1.55. The first kappa shape index (κ1) is 52.9. The molecule has 0 saturated heterocycles. The van der Waals surface area contributed by atoms with E-state index in [2.05, 4.69) is 67.0 Å². The van der Waals surface area contributed by atoms with E-state index < -0.39 is 63.8 Å². The third kappa shape index (κ3) is 36.5. The zero-order valence-corrected chi connectivity index (χ0v) is 35.0. The molecule has 4 atom stereocenters. The number of hydrogen-bond donors (Lipinski definition) is 4. The van der Waals surface area contributed by atoms with Crippen LogP contribution in [-0.2, 0) is 37.5 Å². The fraction of sp³-hybridized carbons (Fsp3) is 0.651. The summed E-state index contributed by atoms with van der Waals surface area (Å²) in [5.41, 5.74) is 5.31. The number of carbonyl (C=O) groups excluding carboxylic acids is 2. The number of aliphatic hydroxyl groups is 1. The Hall–Kier alpha value is -3.12. The van der Waals surface area contributed by atoms with Crippen LogP contribution in [0.2, 0.25) is 0 Å². The van der Waals surface area contributed by atoms with Crippen molar-refractivity contribution < 1.29 is 52.6 Å². The Labute approximate surface area is 336 Å². The van der Waals surface area contributed by atoms with E-state index in [1.807, 2.05) is 12.2 Å². The second-order valence-electron chi connectivity index (χ2n) is 13.6. The standard InChI is InChI=1S/C43H72NO11P/c1-3-5-7-9-11-13-15-17-18-19-20-21-23-25-27-29-31-38(45)33-34-41(46)52-35-39(36-53-56(50,51)54-37-40(44)43(48)49)55-42(47)32-30-28-26-24-22-16-14-12-10-8-6-4-2/h5,7,11,13,17-18,20-21,25,27,29,31,38-40,45H,3-4,6,8-10,12,14-16,19,22-24,26,28,30,32-37,44H2,1-2H3,(H,48,49)(H,50,51)/b7-5-,13-11-,18-17-,21-20-,27-25-,31-29-/t38?,39-,40+/m1/s1. The van der Waals surface area contributed by atoms with E-state index in [4.69, 9.17) is 24.8 Å². The van der Waals surface area contributed by atoms with E-state index in [-0.39, 0.29) is 19.3 Å². The van der Waals surface area contributed by atoms with E-state index >= 15 is 0 Å². The maximum absolute atomic E-state index is 12.6. The third-order valence-corrected chi connectivity index (χ3v) is 9.29. The van der Waals surface area contributed by atoms with Gasteiger partial charge in [-0.3, -0.25) is 23.4 Å². The lowest BCUT2D eigenvalue weighted by Crippen LogP contribution is -2.34. The Morgan fingerprint density at radius 3 is 1.68 bits per heavy atom. The number of carboxylic acid groups (broad SMARTS) is 1. The van der Waals surface area contributed by atoms with Crippen molar-refractivity contribution in [3.05, 3.63) is 72.9 Å². The van der Waals surface area contributed by atoms with Crippen LogP contribution in [0.15, 0.2) is 72.9 Å². The van der Waals surface area contributed by atoms with Crippen LogP contribution < -0.4 is 5.73 Å². The van der Waals surface area contributed by atoms with Crippen molar-refractivity contribution in [1.82, 2.24) is 0 Å². The Balaban J connectivity index is 4.63. The summed E-state index contributed by atoms with van der Waals surface area (Å²) >= 11 is 0. The molecular formula is C43H72NO11P. The summed E-state index contributed by atoms with van der Waals surface area (Å²) in [6.45, 7) is 2.41. The van der Waals surface area contributed by atoms with Crippen LogP contribution in [0.5, 0.6) is 0 Å². The highest BCUT2D eigenvalue weighted by atomic mass is 31.2. The summed E-state index contributed by atoms with van der Waals surface area (Å²) in [4.78, 5) is 45.9. The molecule has 0 aromatic carbocycles. The lowest BCUT2D eigenvalue weighted by atomic mass is 10.0. The van der Waals surface area contributed by atoms with Crippen LogP contribution in [0, 0.1) is 0 Å². The highest BCUT2D eigenvalue weighted by molar-refractivity contribution is 7.47. The van der Waals surface area contributed by atoms with Crippen molar-refractivity contribution >= 4 is 25.7 Å². The highest BCUT2D eigenvalue weighted by Gasteiger charge is 2.28. The second-order valence-corrected chi connectivity index (χ2v) is 15.0. The van der Waals surface area contributed by atoms with Crippen molar-refractivity contribution in [2.45, 2.75) is 161 Å². The number of allylic oxidation sites excluding steroid dienone is 11. The number of nitrogens with two attached hydrogens (primary N) is 1.